The molecular formula is C7H16N2OS. The minimum Gasteiger partial charge on any atom is -0.316 e. The van der Waals surface area contributed by atoms with Crippen molar-refractivity contribution in [2.75, 3.05) is 25.1 Å². The molecule has 1 saturated heterocycles. The minimum absolute atomic E-state index is 0.471. The third-order valence-corrected chi connectivity index (χ3v) is 3.06. The summed E-state index contributed by atoms with van der Waals surface area (Å²) in [6.07, 6.45) is 3.83. The van der Waals surface area contributed by atoms with Crippen LogP contribution in [0.1, 0.15) is 12.8 Å². The fourth-order valence-electron chi connectivity index (χ4n) is 1.52. The molecule has 0 spiro atoms. The van der Waals surface area contributed by atoms with Crippen LogP contribution in [0.25, 0.3) is 0 Å². The van der Waals surface area contributed by atoms with Gasteiger partial charge in [-0.2, -0.15) is 0 Å². The Kier molecular flexibility index (Phi) is 2.90. The monoisotopic (exact) mass is 176 g/mol. The molecule has 1 aliphatic rings. The van der Waals surface area contributed by atoms with Crippen LogP contribution in [0.2, 0.25) is 0 Å². The summed E-state index contributed by atoms with van der Waals surface area (Å²) < 4.78 is 18.4. The Bertz CT molecular complexity index is 204. The molecule has 3 nitrogen and oxygen atoms in total. The van der Waals surface area contributed by atoms with E-state index in [1.807, 2.05) is 0 Å². The Morgan fingerprint density at radius 2 is 2.45 bits per heavy atom. The van der Waals surface area contributed by atoms with Gasteiger partial charge in [0.05, 0.1) is 0 Å². The van der Waals surface area contributed by atoms with Crippen LogP contribution >= 0.6 is 0 Å². The number of nitrogens with one attached hydrogen (secondary N) is 2. The van der Waals surface area contributed by atoms with Gasteiger partial charge in [-0.1, -0.05) is 0 Å². The quantitative estimate of drug-likeness (QED) is 0.649. The van der Waals surface area contributed by atoms with Crippen molar-refractivity contribution < 1.29 is 4.21 Å². The summed E-state index contributed by atoms with van der Waals surface area (Å²) in [7, 11) is -2.26. The number of hydrogen-bond acceptors (Lipinski definition) is 3. The average molecular weight is 176 g/mol. The summed E-state index contributed by atoms with van der Waals surface area (Å²) in [4.78, 5) is 0. The van der Waals surface area contributed by atoms with E-state index in [0.29, 0.717) is 11.7 Å². The van der Waals surface area contributed by atoms with E-state index in [9.17, 15) is 4.21 Å². The zero-order valence-corrected chi connectivity index (χ0v) is 7.75. The summed E-state index contributed by atoms with van der Waals surface area (Å²) >= 11 is 0. The molecule has 1 heterocycles. The van der Waals surface area contributed by atoms with E-state index in [1.54, 1.807) is 0 Å². The van der Waals surface area contributed by atoms with Gasteiger partial charge < -0.3 is 5.32 Å². The van der Waals surface area contributed by atoms with Crippen LogP contribution in [0.3, 0.4) is 0 Å². The van der Waals surface area contributed by atoms with Gasteiger partial charge in [0.15, 0.2) is 0 Å². The van der Waals surface area contributed by atoms with E-state index in [0.717, 1.165) is 19.5 Å². The molecule has 0 amide bonds. The minimum atomic E-state index is -2.26. The lowest BCUT2D eigenvalue weighted by molar-refractivity contribution is 0.407. The van der Waals surface area contributed by atoms with Crippen LogP contribution in [0.5, 0.6) is 0 Å². The third kappa shape index (κ3) is 3.72. The molecule has 0 radical (unpaired) electrons. The maximum Gasteiger partial charge on any atom is 0.0415 e. The Labute approximate surface area is 68.5 Å². The predicted octanol–water partition coefficient (Wildman–Crippen LogP) is 0.663. The molecule has 2 atom stereocenters. The fraction of sp³-hybridized carbons (Fsp3) is 1.00. The van der Waals surface area contributed by atoms with Gasteiger partial charge in [-0.15, -0.1) is 0 Å². The van der Waals surface area contributed by atoms with E-state index in [4.69, 9.17) is 4.78 Å². The Hall–Kier alpha value is -0.0900. The first-order valence-electron chi connectivity index (χ1n) is 4.00. The van der Waals surface area contributed by atoms with Crippen LogP contribution in [-0.2, 0) is 9.73 Å². The molecule has 0 saturated carbocycles. The van der Waals surface area contributed by atoms with Gasteiger partial charge in [-0.25, -0.2) is 0 Å². The summed E-state index contributed by atoms with van der Waals surface area (Å²) in [6, 6.07) is 0. The smallest absolute Gasteiger partial charge is 0.0415 e. The highest BCUT2D eigenvalue weighted by Gasteiger charge is 2.15. The molecule has 0 aromatic carbocycles. The van der Waals surface area contributed by atoms with Crippen LogP contribution in [0.4, 0.5) is 0 Å². The summed E-state index contributed by atoms with van der Waals surface area (Å²) in [5, 5.41) is 3.25. The van der Waals surface area contributed by atoms with Gasteiger partial charge in [0.25, 0.3) is 0 Å². The summed E-state index contributed by atoms with van der Waals surface area (Å²) in [6.45, 7) is 2.03. The van der Waals surface area contributed by atoms with Crippen molar-refractivity contribution in [2.24, 2.45) is 5.92 Å². The Balaban J connectivity index is 2.36. The number of piperidine rings is 1. The molecule has 1 rings (SSSR count). The van der Waals surface area contributed by atoms with E-state index in [2.05, 4.69) is 5.32 Å². The number of hydrogen-bond donors (Lipinski definition) is 2. The molecule has 66 valence electrons. The molecule has 2 N–H and O–H groups in total. The lowest BCUT2D eigenvalue weighted by Gasteiger charge is -2.22. The Morgan fingerprint density at radius 1 is 1.73 bits per heavy atom. The fourth-order valence-corrected chi connectivity index (χ4v) is 2.70. The second kappa shape index (κ2) is 3.54. The van der Waals surface area contributed by atoms with Crippen LogP contribution in [0, 0.1) is 10.7 Å². The first kappa shape index (κ1) is 9.00. The predicted molar refractivity (Wildman–Crippen MR) is 47.2 cm³/mol. The first-order valence-corrected chi connectivity index (χ1v) is 6.13. The van der Waals surface area contributed by atoms with Gasteiger partial charge in [0.1, 0.15) is 0 Å². The van der Waals surface area contributed by atoms with Gasteiger partial charge in [-0.05, 0) is 31.8 Å². The van der Waals surface area contributed by atoms with Crippen molar-refractivity contribution >= 4 is 9.73 Å². The van der Waals surface area contributed by atoms with E-state index in [-0.39, 0.29) is 0 Å². The molecule has 11 heavy (non-hydrogen) atoms. The van der Waals surface area contributed by atoms with Crippen molar-refractivity contribution in [1.29, 1.82) is 4.78 Å². The van der Waals surface area contributed by atoms with Crippen molar-refractivity contribution in [3.63, 3.8) is 0 Å². The zero-order chi connectivity index (χ0) is 8.32. The Morgan fingerprint density at radius 3 is 2.91 bits per heavy atom. The van der Waals surface area contributed by atoms with Gasteiger partial charge in [-0.3, -0.25) is 8.99 Å². The lowest BCUT2D eigenvalue weighted by Crippen LogP contribution is -2.33. The summed E-state index contributed by atoms with van der Waals surface area (Å²) in [5.74, 6) is 1.04. The van der Waals surface area contributed by atoms with Gasteiger partial charge in [0, 0.05) is 21.7 Å². The van der Waals surface area contributed by atoms with Crippen LogP contribution < -0.4 is 5.32 Å². The first-order chi connectivity index (χ1) is 5.08. The molecule has 1 aliphatic heterocycles. The summed E-state index contributed by atoms with van der Waals surface area (Å²) in [5.41, 5.74) is 0. The van der Waals surface area contributed by atoms with E-state index in [1.165, 1.54) is 12.7 Å². The third-order valence-electron chi connectivity index (χ3n) is 1.95. The van der Waals surface area contributed by atoms with Gasteiger partial charge in [0.2, 0.25) is 0 Å². The maximum absolute atomic E-state index is 11.1. The number of rotatable bonds is 2. The SMILES string of the molecule is CS(=N)(=O)CC1CCCNC1. The van der Waals surface area contributed by atoms with E-state index >= 15 is 0 Å². The normalized spacial score (nSPS) is 31.2. The van der Waals surface area contributed by atoms with Crippen LogP contribution in [0.15, 0.2) is 0 Å². The molecular weight excluding hydrogens is 160 g/mol. The molecule has 1 fully saturated rings. The largest absolute Gasteiger partial charge is 0.316 e. The second-order valence-corrected chi connectivity index (χ2v) is 5.73. The molecule has 0 aliphatic carbocycles. The second-order valence-electron chi connectivity index (χ2n) is 3.38. The van der Waals surface area contributed by atoms with Crippen LogP contribution in [-0.4, -0.2) is 29.3 Å². The molecule has 0 aromatic heterocycles. The highest BCUT2D eigenvalue weighted by atomic mass is 32.2. The molecule has 0 bridgehead atoms. The van der Waals surface area contributed by atoms with E-state index < -0.39 is 9.73 Å². The van der Waals surface area contributed by atoms with Gasteiger partial charge >= 0.3 is 0 Å². The highest BCUT2D eigenvalue weighted by molar-refractivity contribution is 7.91. The molecule has 4 heteroatoms. The average Bonchev–Trinajstić information content (AvgIpc) is 1.85. The molecule has 0 aromatic rings. The van der Waals surface area contributed by atoms with Crippen molar-refractivity contribution in [2.45, 2.75) is 12.8 Å². The standard InChI is InChI=1S/C7H16N2OS/c1-11(8,10)6-7-3-2-4-9-5-7/h7-9H,2-6H2,1H3. The lowest BCUT2D eigenvalue weighted by atomic mass is 10.0. The van der Waals surface area contributed by atoms with Crippen molar-refractivity contribution in [1.82, 2.24) is 5.32 Å². The maximum atomic E-state index is 11.1. The van der Waals surface area contributed by atoms with Crippen molar-refractivity contribution in [3.05, 3.63) is 0 Å². The topological polar surface area (TPSA) is 53.0 Å². The zero-order valence-electron chi connectivity index (χ0n) is 6.93. The highest BCUT2D eigenvalue weighted by Crippen LogP contribution is 2.11. The molecule has 2 unspecified atom stereocenters. The van der Waals surface area contributed by atoms with Crippen molar-refractivity contribution in [3.8, 4) is 0 Å².